The number of aliphatic hydroxyl groups excluding tert-OH is 1. The Labute approximate surface area is 133 Å². The van der Waals surface area contributed by atoms with E-state index >= 15 is 0 Å². The van der Waals surface area contributed by atoms with E-state index in [2.05, 4.69) is 4.98 Å². The highest BCUT2D eigenvalue weighted by Crippen LogP contribution is 2.40. The van der Waals surface area contributed by atoms with E-state index in [1.807, 2.05) is 0 Å². The summed E-state index contributed by atoms with van der Waals surface area (Å²) in [6.45, 7) is 0. The van der Waals surface area contributed by atoms with Gasteiger partial charge in [0.1, 0.15) is 16.4 Å². The van der Waals surface area contributed by atoms with E-state index in [1.165, 1.54) is 24.3 Å². The van der Waals surface area contributed by atoms with Crippen LogP contribution in [0.15, 0.2) is 30.3 Å². The van der Waals surface area contributed by atoms with Crippen LogP contribution in [-0.2, 0) is 6.18 Å². The molecule has 0 aliphatic rings. The normalized spacial score (nSPS) is 13.3. The number of rotatable bonds is 2. The van der Waals surface area contributed by atoms with Gasteiger partial charge in [0.25, 0.3) is 0 Å². The Balaban J connectivity index is 2.59. The summed E-state index contributed by atoms with van der Waals surface area (Å²) in [6, 6.07) is 6.33. The summed E-state index contributed by atoms with van der Waals surface area (Å²) in [6.07, 6.45) is -6.32. The standard InChI is InChI=1S/C13H7Cl3F3NO/c14-7-3-1-6(2-4-7)11(21)10-8(13(17,18)19)5-9(15)20-12(10)16/h1-5,11,21H. The van der Waals surface area contributed by atoms with E-state index in [1.54, 1.807) is 0 Å². The first-order chi connectivity index (χ1) is 9.70. The van der Waals surface area contributed by atoms with Crippen molar-refractivity contribution in [3.8, 4) is 0 Å². The van der Waals surface area contributed by atoms with Gasteiger partial charge in [-0.15, -0.1) is 0 Å². The van der Waals surface area contributed by atoms with Gasteiger partial charge in [-0.2, -0.15) is 13.2 Å². The molecule has 2 nitrogen and oxygen atoms in total. The number of pyridine rings is 1. The molecule has 1 aromatic heterocycles. The highest BCUT2D eigenvalue weighted by atomic mass is 35.5. The number of hydrogen-bond acceptors (Lipinski definition) is 2. The Morgan fingerprint density at radius 2 is 1.62 bits per heavy atom. The van der Waals surface area contributed by atoms with Crippen LogP contribution in [0.4, 0.5) is 13.2 Å². The highest BCUT2D eigenvalue weighted by molar-refractivity contribution is 6.33. The summed E-state index contributed by atoms with van der Waals surface area (Å²) < 4.78 is 39.2. The Bertz CT molecular complexity index is 659. The van der Waals surface area contributed by atoms with Crippen LogP contribution in [0.2, 0.25) is 15.3 Å². The number of halogens is 6. The molecule has 0 aliphatic carbocycles. The van der Waals surface area contributed by atoms with Crippen molar-refractivity contribution in [1.82, 2.24) is 4.98 Å². The van der Waals surface area contributed by atoms with Crippen molar-refractivity contribution in [2.24, 2.45) is 0 Å². The average Bonchev–Trinajstić information content (AvgIpc) is 2.37. The second-order valence-electron chi connectivity index (χ2n) is 4.15. The van der Waals surface area contributed by atoms with Gasteiger partial charge >= 0.3 is 6.18 Å². The molecular formula is C13H7Cl3F3NO. The van der Waals surface area contributed by atoms with Crippen LogP contribution in [-0.4, -0.2) is 10.1 Å². The van der Waals surface area contributed by atoms with Gasteiger partial charge in [-0.3, -0.25) is 0 Å². The quantitative estimate of drug-likeness (QED) is 0.756. The van der Waals surface area contributed by atoms with Crippen molar-refractivity contribution in [3.05, 3.63) is 62.4 Å². The van der Waals surface area contributed by atoms with Crippen LogP contribution in [0.3, 0.4) is 0 Å². The van der Waals surface area contributed by atoms with Crippen molar-refractivity contribution in [2.75, 3.05) is 0 Å². The third-order valence-corrected chi connectivity index (χ3v) is 3.48. The Morgan fingerprint density at radius 1 is 1.05 bits per heavy atom. The first-order valence-corrected chi connectivity index (χ1v) is 6.70. The molecule has 1 heterocycles. The predicted molar refractivity (Wildman–Crippen MR) is 74.8 cm³/mol. The molecule has 1 aromatic carbocycles. The van der Waals surface area contributed by atoms with E-state index in [-0.39, 0.29) is 5.56 Å². The Morgan fingerprint density at radius 3 is 2.14 bits per heavy atom. The van der Waals surface area contributed by atoms with Crippen LogP contribution >= 0.6 is 34.8 Å². The van der Waals surface area contributed by atoms with Gasteiger partial charge in [0.15, 0.2) is 0 Å². The van der Waals surface area contributed by atoms with Crippen molar-refractivity contribution in [1.29, 1.82) is 0 Å². The third-order valence-electron chi connectivity index (χ3n) is 2.75. The summed E-state index contributed by atoms with van der Waals surface area (Å²) in [4.78, 5) is 3.56. The van der Waals surface area contributed by atoms with Gasteiger partial charge in [-0.25, -0.2) is 4.98 Å². The van der Waals surface area contributed by atoms with E-state index < -0.39 is 33.7 Å². The maximum Gasteiger partial charge on any atom is 0.417 e. The number of aromatic nitrogens is 1. The maximum absolute atomic E-state index is 13.1. The zero-order valence-corrected chi connectivity index (χ0v) is 12.4. The number of nitrogens with zero attached hydrogens (tertiary/aromatic N) is 1. The fraction of sp³-hybridized carbons (Fsp3) is 0.154. The molecule has 21 heavy (non-hydrogen) atoms. The van der Waals surface area contributed by atoms with Gasteiger partial charge in [-0.05, 0) is 23.8 Å². The summed E-state index contributed by atoms with van der Waals surface area (Å²) in [7, 11) is 0. The van der Waals surface area contributed by atoms with Gasteiger partial charge in [0, 0.05) is 10.6 Å². The fourth-order valence-corrected chi connectivity index (χ4v) is 2.46. The maximum atomic E-state index is 13.1. The van der Waals surface area contributed by atoms with Crippen LogP contribution in [0.5, 0.6) is 0 Å². The van der Waals surface area contributed by atoms with Crippen molar-refractivity contribution >= 4 is 34.8 Å². The highest BCUT2D eigenvalue weighted by Gasteiger charge is 2.37. The first kappa shape index (κ1) is 16.4. The van der Waals surface area contributed by atoms with E-state index in [4.69, 9.17) is 34.8 Å². The number of aliphatic hydroxyl groups is 1. The fourth-order valence-electron chi connectivity index (χ4n) is 1.80. The minimum Gasteiger partial charge on any atom is -0.384 e. The van der Waals surface area contributed by atoms with E-state index in [0.29, 0.717) is 11.1 Å². The van der Waals surface area contributed by atoms with Crippen molar-refractivity contribution in [3.63, 3.8) is 0 Å². The van der Waals surface area contributed by atoms with Gasteiger partial charge in [0.2, 0.25) is 0 Å². The monoisotopic (exact) mass is 355 g/mol. The first-order valence-electron chi connectivity index (χ1n) is 5.57. The molecule has 1 N–H and O–H groups in total. The zero-order valence-electron chi connectivity index (χ0n) is 10.1. The number of hydrogen-bond donors (Lipinski definition) is 1. The van der Waals surface area contributed by atoms with E-state index in [9.17, 15) is 18.3 Å². The lowest BCUT2D eigenvalue weighted by atomic mass is 9.98. The van der Waals surface area contributed by atoms with Crippen molar-refractivity contribution < 1.29 is 18.3 Å². The SMILES string of the molecule is OC(c1ccc(Cl)cc1)c1c(C(F)(F)F)cc(Cl)nc1Cl. The molecule has 0 radical (unpaired) electrons. The molecule has 112 valence electrons. The molecule has 0 spiro atoms. The molecule has 0 aliphatic heterocycles. The summed E-state index contributed by atoms with van der Waals surface area (Å²) in [5.74, 6) is 0. The molecule has 0 saturated carbocycles. The number of alkyl halides is 3. The summed E-state index contributed by atoms with van der Waals surface area (Å²) >= 11 is 16.9. The molecule has 0 fully saturated rings. The second kappa shape index (κ2) is 6.01. The second-order valence-corrected chi connectivity index (χ2v) is 5.33. The van der Waals surface area contributed by atoms with Crippen molar-refractivity contribution in [2.45, 2.75) is 12.3 Å². The minimum atomic E-state index is -4.72. The molecular weight excluding hydrogens is 350 g/mol. The largest absolute Gasteiger partial charge is 0.417 e. The molecule has 8 heteroatoms. The molecule has 0 bridgehead atoms. The van der Waals surface area contributed by atoms with Gasteiger partial charge in [-0.1, -0.05) is 46.9 Å². The minimum absolute atomic E-state index is 0.205. The average molecular weight is 357 g/mol. The topological polar surface area (TPSA) is 33.1 Å². The predicted octanol–water partition coefficient (Wildman–Crippen LogP) is 5.14. The summed E-state index contributed by atoms with van der Waals surface area (Å²) in [5, 5.41) is 9.67. The lowest BCUT2D eigenvalue weighted by Gasteiger charge is -2.19. The van der Waals surface area contributed by atoms with Crippen LogP contribution in [0, 0.1) is 0 Å². The van der Waals surface area contributed by atoms with Crippen LogP contribution in [0.25, 0.3) is 0 Å². The summed E-state index contributed by atoms with van der Waals surface area (Å²) in [5.41, 5.74) is -1.47. The van der Waals surface area contributed by atoms with Crippen LogP contribution in [0.1, 0.15) is 22.8 Å². The molecule has 0 amide bonds. The molecule has 1 atom stereocenters. The van der Waals surface area contributed by atoms with Gasteiger partial charge in [0.05, 0.1) is 5.56 Å². The van der Waals surface area contributed by atoms with Crippen LogP contribution < -0.4 is 0 Å². The molecule has 0 saturated heterocycles. The number of benzene rings is 1. The lowest BCUT2D eigenvalue weighted by molar-refractivity contribution is -0.139. The zero-order chi connectivity index (χ0) is 15.8. The molecule has 2 aromatic rings. The van der Waals surface area contributed by atoms with Gasteiger partial charge < -0.3 is 5.11 Å². The van der Waals surface area contributed by atoms with E-state index in [0.717, 1.165) is 0 Å². The molecule has 1 unspecified atom stereocenters. The third kappa shape index (κ3) is 3.61. The Kier molecular flexibility index (Phi) is 4.68. The lowest BCUT2D eigenvalue weighted by Crippen LogP contribution is -2.14. The smallest absolute Gasteiger partial charge is 0.384 e. The molecule has 2 rings (SSSR count). The Hall–Kier alpha value is -1.01.